The highest BCUT2D eigenvalue weighted by atomic mass is 79.9. The van der Waals surface area contributed by atoms with Gasteiger partial charge in [-0.15, -0.1) is 0 Å². The van der Waals surface area contributed by atoms with Crippen molar-refractivity contribution in [2.45, 2.75) is 26.4 Å². The second kappa shape index (κ2) is 5.61. The maximum atomic E-state index is 12.0. The number of oxime groups is 1. The molecule has 5 nitrogen and oxygen atoms in total. The van der Waals surface area contributed by atoms with Gasteiger partial charge >= 0.3 is 6.09 Å². The summed E-state index contributed by atoms with van der Waals surface area (Å²) >= 11 is 3.37. The van der Waals surface area contributed by atoms with Crippen molar-refractivity contribution in [3.8, 4) is 0 Å². The molecule has 1 aliphatic rings. The SMILES string of the molecule is CC(C)OC(=O)N1CCC(=NO)c2cc(Br)ccc21. The first-order chi connectivity index (χ1) is 9.02. The van der Waals surface area contributed by atoms with Gasteiger partial charge in [0, 0.05) is 23.0 Å². The average molecular weight is 327 g/mol. The van der Waals surface area contributed by atoms with Crippen molar-refractivity contribution in [1.82, 2.24) is 0 Å². The maximum absolute atomic E-state index is 12.0. The molecule has 6 heteroatoms. The molecule has 0 spiro atoms. The summed E-state index contributed by atoms with van der Waals surface area (Å²) in [6.07, 6.45) is -0.0532. The molecule has 0 atom stereocenters. The zero-order valence-electron chi connectivity index (χ0n) is 10.8. The van der Waals surface area contributed by atoms with Crippen LogP contribution in [0.3, 0.4) is 0 Å². The topological polar surface area (TPSA) is 62.1 Å². The van der Waals surface area contributed by atoms with E-state index in [1.807, 2.05) is 32.0 Å². The number of carbonyl (C=O) groups is 1. The molecule has 1 aromatic rings. The van der Waals surface area contributed by atoms with E-state index in [0.717, 1.165) is 10.0 Å². The zero-order valence-corrected chi connectivity index (χ0v) is 12.3. The van der Waals surface area contributed by atoms with Crippen LogP contribution in [-0.2, 0) is 4.74 Å². The average Bonchev–Trinajstić information content (AvgIpc) is 2.36. The van der Waals surface area contributed by atoms with Crippen LogP contribution in [0, 0.1) is 0 Å². The second-order valence-corrected chi connectivity index (χ2v) is 5.46. The Balaban J connectivity index is 2.39. The van der Waals surface area contributed by atoms with Gasteiger partial charge in [0.2, 0.25) is 0 Å². The standard InChI is InChI=1S/C13H15BrN2O3/c1-8(2)19-13(17)16-6-5-11(15-18)10-7-9(14)3-4-12(10)16/h3-4,7-8,18H,5-6H2,1-2H3. The molecule has 0 fully saturated rings. The lowest BCUT2D eigenvalue weighted by molar-refractivity contribution is 0.122. The molecular formula is C13H15BrN2O3. The van der Waals surface area contributed by atoms with Gasteiger partial charge in [0.1, 0.15) is 0 Å². The van der Waals surface area contributed by atoms with Gasteiger partial charge in [0.05, 0.1) is 17.5 Å². The Bertz CT molecular complexity index is 529. The van der Waals surface area contributed by atoms with E-state index in [9.17, 15) is 4.79 Å². The number of fused-ring (bicyclic) bond motifs is 1. The van der Waals surface area contributed by atoms with E-state index in [-0.39, 0.29) is 12.2 Å². The Labute approximate surface area is 120 Å². The fourth-order valence-corrected chi connectivity index (χ4v) is 2.37. The van der Waals surface area contributed by atoms with E-state index in [1.54, 1.807) is 4.90 Å². The highest BCUT2D eigenvalue weighted by Crippen LogP contribution is 2.30. The van der Waals surface area contributed by atoms with Gasteiger partial charge in [-0.25, -0.2) is 4.79 Å². The summed E-state index contributed by atoms with van der Waals surface area (Å²) in [5, 5.41) is 12.3. The van der Waals surface area contributed by atoms with E-state index in [1.165, 1.54) is 0 Å². The zero-order chi connectivity index (χ0) is 14.0. The summed E-state index contributed by atoms with van der Waals surface area (Å²) in [6.45, 7) is 4.06. The minimum absolute atomic E-state index is 0.167. The predicted molar refractivity (Wildman–Crippen MR) is 76.0 cm³/mol. The lowest BCUT2D eigenvalue weighted by Gasteiger charge is -2.29. The molecule has 0 aliphatic carbocycles. The molecule has 0 aromatic heterocycles. The van der Waals surface area contributed by atoms with Crippen LogP contribution >= 0.6 is 15.9 Å². The number of rotatable bonds is 1. The van der Waals surface area contributed by atoms with Crippen molar-refractivity contribution >= 4 is 33.4 Å². The lowest BCUT2D eigenvalue weighted by Crippen LogP contribution is -2.39. The predicted octanol–water partition coefficient (Wildman–Crippen LogP) is 3.38. The molecular weight excluding hydrogens is 312 g/mol. The molecule has 102 valence electrons. The van der Waals surface area contributed by atoms with Crippen LogP contribution in [0.15, 0.2) is 27.8 Å². The smallest absolute Gasteiger partial charge is 0.414 e. The third-order valence-corrected chi connectivity index (χ3v) is 3.30. The second-order valence-electron chi connectivity index (χ2n) is 4.54. The Kier molecular flexibility index (Phi) is 4.09. The van der Waals surface area contributed by atoms with Crippen molar-refractivity contribution in [2.24, 2.45) is 5.16 Å². The molecule has 19 heavy (non-hydrogen) atoms. The van der Waals surface area contributed by atoms with E-state index in [0.29, 0.717) is 24.4 Å². The summed E-state index contributed by atoms with van der Waals surface area (Å²) in [7, 11) is 0. The van der Waals surface area contributed by atoms with Crippen LogP contribution in [-0.4, -0.2) is 29.7 Å². The summed E-state index contributed by atoms with van der Waals surface area (Å²) in [5.74, 6) is 0. The van der Waals surface area contributed by atoms with Gasteiger partial charge in [-0.3, -0.25) is 4.90 Å². The van der Waals surface area contributed by atoms with E-state index in [2.05, 4.69) is 21.1 Å². The van der Waals surface area contributed by atoms with Gasteiger partial charge in [0.15, 0.2) is 0 Å². The van der Waals surface area contributed by atoms with E-state index in [4.69, 9.17) is 9.94 Å². The van der Waals surface area contributed by atoms with Gasteiger partial charge in [-0.2, -0.15) is 0 Å². The van der Waals surface area contributed by atoms with Crippen molar-refractivity contribution in [3.05, 3.63) is 28.2 Å². The van der Waals surface area contributed by atoms with Crippen molar-refractivity contribution < 1.29 is 14.7 Å². The first-order valence-electron chi connectivity index (χ1n) is 6.02. The summed E-state index contributed by atoms with van der Waals surface area (Å²) in [6, 6.07) is 5.49. The molecule has 0 saturated heterocycles. The minimum atomic E-state index is -0.379. The summed E-state index contributed by atoms with van der Waals surface area (Å²) in [4.78, 5) is 13.6. The number of carbonyl (C=O) groups excluding carboxylic acids is 1. The van der Waals surface area contributed by atoms with Gasteiger partial charge < -0.3 is 9.94 Å². The first kappa shape index (κ1) is 13.9. The first-order valence-corrected chi connectivity index (χ1v) is 6.81. The fraction of sp³-hybridized carbons (Fsp3) is 0.385. The third-order valence-electron chi connectivity index (χ3n) is 2.81. The van der Waals surface area contributed by atoms with Crippen LogP contribution in [0.25, 0.3) is 0 Å². The van der Waals surface area contributed by atoms with Crippen LogP contribution in [0.1, 0.15) is 25.8 Å². The molecule has 0 unspecified atom stereocenters. The number of hydrogen-bond acceptors (Lipinski definition) is 4. The van der Waals surface area contributed by atoms with Gasteiger partial charge in [-0.05, 0) is 32.0 Å². The quantitative estimate of drug-likeness (QED) is 0.635. The number of ether oxygens (including phenoxy) is 1. The summed E-state index contributed by atoms with van der Waals surface area (Å²) < 4.78 is 6.09. The number of nitrogens with zero attached hydrogens (tertiary/aromatic N) is 2. The Morgan fingerprint density at radius 3 is 2.89 bits per heavy atom. The monoisotopic (exact) mass is 326 g/mol. The van der Waals surface area contributed by atoms with Crippen LogP contribution < -0.4 is 4.90 Å². The fourth-order valence-electron chi connectivity index (χ4n) is 2.01. The largest absolute Gasteiger partial charge is 0.446 e. The molecule has 0 radical (unpaired) electrons. The maximum Gasteiger partial charge on any atom is 0.414 e. The Hall–Kier alpha value is -1.56. The molecule has 1 aliphatic heterocycles. The number of halogens is 1. The highest BCUT2D eigenvalue weighted by molar-refractivity contribution is 9.10. The number of anilines is 1. The molecule has 1 amide bonds. The van der Waals surface area contributed by atoms with Crippen LogP contribution in [0.5, 0.6) is 0 Å². The number of hydrogen-bond donors (Lipinski definition) is 1. The van der Waals surface area contributed by atoms with Gasteiger partial charge in [-0.1, -0.05) is 21.1 Å². The van der Waals surface area contributed by atoms with Crippen molar-refractivity contribution in [1.29, 1.82) is 0 Å². The molecule has 0 saturated carbocycles. The third kappa shape index (κ3) is 2.89. The minimum Gasteiger partial charge on any atom is -0.446 e. The van der Waals surface area contributed by atoms with Crippen molar-refractivity contribution in [2.75, 3.05) is 11.4 Å². The van der Waals surface area contributed by atoms with E-state index < -0.39 is 0 Å². The molecule has 1 heterocycles. The molecule has 1 aromatic carbocycles. The highest BCUT2D eigenvalue weighted by Gasteiger charge is 2.28. The van der Waals surface area contributed by atoms with E-state index >= 15 is 0 Å². The normalized spacial score (nSPS) is 16.6. The van der Waals surface area contributed by atoms with Crippen molar-refractivity contribution in [3.63, 3.8) is 0 Å². The Morgan fingerprint density at radius 2 is 2.26 bits per heavy atom. The van der Waals surface area contributed by atoms with Gasteiger partial charge in [0.25, 0.3) is 0 Å². The molecule has 2 rings (SSSR count). The lowest BCUT2D eigenvalue weighted by atomic mass is 10.00. The number of benzene rings is 1. The molecule has 1 N–H and O–H groups in total. The molecule has 0 bridgehead atoms. The van der Waals surface area contributed by atoms with Crippen LogP contribution in [0.4, 0.5) is 10.5 Å². The number of amides is 1. The summed E-state index contributed by atoms with van der Waals surface area (Å²) in [5.41, 5.74) is 2.02. The Morgan fingerprint density at radius 1 is 1.53 bits per heavy atom. The van der Waals surface area contributed by atoms with Crippen LogP contribution in [0.2, 0.25) is 0 Å².